The minimum Gasteiger partial charge on any atom is -0.378 e. The summed E-state index contributed by atoms with van der Waals surface area (Å²) in [5.74, 6) is 0.863. The molecule has 1 aromatic carbocycles. The smallest absolute Gasteiger partial charge is 0.191 e. The lowest BCUT2D eigenvalue weighted by Crippen LogP contribution is -2.54. The standard InChI is InChI=1S/C20H35N5.HI/c1-20(2,25-13-7-6-8-14-25)16-23-19(21-3)22-15-17-9-11-18(12-10-17)24(4)5;/h9-12H,6-8,13-16H2,1-5H3,(H2,21,22,23);1H. The highest BCUT2D eigenvalue weighted by Crippen LogP contribution is 2.19. The molecule has 1 saturated heterocycles. The molecule has 1 aromatic rings. The molecule has 2 rings (SSSR count). The van der Waals surface area contributed by atoms with Crippen molar-refractivity contribution in [2.75, 3.05) is 45.7 Å². The molecule has 0 aromatic heterocycles. The number of aliphatic imine (C=N–C) groups is 1. The van der Waals surface area contributed by atoms with Crippen LogP contribution in [0.3, 0.4) is 0 Å². The van der Waals surface area contributed by atoms with Gasteiger partial charge < -0.3 is 15.5 Å². The summed E-state index contributed by atoms with van der Waals surface area (Å²) in [6.07, 6.45) is 4.01. The van der Waals surface area contributed by atoms with Crippen LogP contribution in [0.15, 0.2) is 29.3 Å². The molecule has 0 spiro atoms. The van der Waals surface area contributed by atoms with Crippen LogP contribution >= 0.6 is 24.0 Å². The van der Waals surface area contributed by atoms with Crippen LogP contribution in [0, 0.1) is 0 Å². The highest BCUT2D eigenvalue weighted by Gasteiger charge is 2.27. The molecule has 0 radical (unpaired) electrons. The summed E-state index contributed by atoms with van der Waals surface area (Å²) in [5, 5.41) is 6.91. The number of piperidine rings is 1. The number of nitrogens with one attached hydrogen (secondary N) is 2. The Morgan fingerprint density at radius 2 is 1.69 bits per heavy atom. The summed E-state index contributed by atoms with van der Waals surface area (Å²) in [5.41, 5.74) is 2.61. The zero-order valence-corrected chi connectivity index (χ0v) is 19.3. The highest BCUT2D eigenvalue weighted by molar-refractivity contribution is 14.0. The van der Waals surface area contributed by atoms with Crippen LogP contribution in [0.5, 0.6) is 0 Å². The topological polar surface area (TPSA) is 42.9 Å². The first kappa shape index (κ1) is 23.0. The summed E-state index contributed by atoms with van der Waals surface area (Å²) in [6.45, 7) is 8.72. The fourth-order valence-electron chi connectivity index (χ4n) is 3.23. The van der Waals surface area contributed by atoms with Crippen LogP contribution in [0.4, 0.5) is 5.69 Å². The normalized spacial score (nSPS) is 16.0. The van der Waals surface area contributed by atoms with Gasteiger partial charge in [0.15, 0.2) is 5.96 Å². The lowest BCUT2D eigenvalue weighted by molar-refractivity contribution is 0.0982. The van der Waals surface area contributed by atoms with Crippen LogP contribution in [0.1, 0.15) is 38.7 Å². The zero-order valence-electron chi connectivity index (χ0n) is 17.0. The molecule has 1 heterocycles. The molecular weight excluding hydrogens is 437 g/mol. The van der Waals surface area contributed by atoms with E-state index in [1.54, 1.807) is 0 Å². The van der Waals surface area contributed by atoms with Gasteiger partial charge in [0.25, 0.3) is 0 Å². The predicted octanol–water partition coefficient (Wildman–Crippen LogP) is 3.30. The molecule has 1 aliphatic heterocycles. The average Bonchev–Trinajstić information content (AvgIpc) is 2.63. The number of guanidine groups is 1. The van der Waals surface area contributed by atoms with E-state index in [2.05, 4.69) is 77.6 Å². The van der Waals surface area contributed by atoms with Gasteiger partial charge in [-0.25, -0.2) is 0 Å². The molecule has 26 heavy (non-hydrogen) atoms. The molecule has 148 valence electrons. The first-order chi connectivity index (χ1) is 11.9. The Bertz CT molecular complexity index is 548. The Hall–Kier alpha value is -1.02. The minimum absolute atomic E-state index is 0. The van der Waals surface area contributed by atoms with E-state index in [1.165, 1.54) is 43.6 Å². The van der Waals surface area contributed by atoms with Crippen LogP contribution in [-0.4, -0.2) is 57.2 Å². The summed E-state index contributed by atoms with van der Waals surface area (Å²) < 4.78 is 0. The van der Waals surface area contributed by atoms with Crippen LogP contribution in [-0.2, 0) is 6.54 Å². The molecule has 1 aliphatic rings. The zero-order chi connectivity index (χ0) is 18.3. The molecule has 0 saturated carbocycles. The highest BCUT2D eigenvalue weighted by atomic mass is 127. The Labute approximate surface area is 176 Å². The van der Waals surface area contributed by atoms with Gasteiger partial charge >= 0.3 is 0 Å². The van der Waals surface area contributed by atoms with Crippen LogP contribution in [0.2, 0.25) is 0 Å². The van der Waals surface area contributed by atoms with E-state index in [4.69, 9.17) is 0 Å². The predicted molar refractivity (Wildman–Crippen MR) is 124 cm³/mol. The van der Waals surface area contributed by atoms with Gasteiger partial charge in [0.05, 0.1) is 0 Å². The van der Waals surface area contributed by atoms with Crippen LogP contribution < -0.4 is 15.5 Å². The summed E-state index contributed by atoms with van der Waals surface area (Å²) in [7, 11) is 5.95. The maximum absolute atomic E-state index is 4.36. The van der Waals surface area contributed by atoms with Gasteiger partial charge in [-0.3, -0.25) is 9.89 Å². The van der Waals surface area contributed by atoms with Crippen molar-refractivity contribution >= 4 is 35.6 Å². The number of nitrogens with zero attached hydrogens (tertiary/aromatic N) is 3. The number of hydrogen-bond donors (Lipinski definition) is 2. The Morgan fingerprint density at radius 1 is 1.08 bits per heavy atom. The molecular formula is C20H36IN5. The van der Waals surface area contributed by atoms with Gasteiger partial charge in [-0.2, -0.15) is 0 Å². The number of benzene rings is 1. The van der Waals surface area contributed by atoms with E-state index >= 15 is 0 Å². The van der Waals surface area contributed by atoms with Gasteiger partial charge in [-0.1, -0.05) is 18.6 Å². The van der Waals surface area contributed by atoms with Crippen molar-refractivity contribution in [3.63, 3.8) is 0 Å². The van der Waals surface area contributed by atoms with Crippen molar-refractivity contribution in [2.24, 2.45) is 4.99 Å². The van der Waals surface area contributed by atoms with E-state index in [-0.39, 0.29) is 29.5 Å². The molecule has 1 fully saturated rings. The molecule has 0 aliphatic carbocycles. The van der Waals surface area contributed by atoms with Gasteiger partial charge in [0, 0.05) is 45.5 Å². The van der Waals surface area contributed by atoms with Crippen molar-refractivity contribution in [2.45, 2.75) is 45.2 Å². The lowest BCUT2D eigenvalue weighted by atomic mass is 9.98. The van der Waals surface area contributed by atoms with E-state index < -0.39 is 0 Å². The molecule has 0 unspecified atom stereocenters. The van der Waals surface area contributed by atoms with Crippen molar-refractivity contribution in [1.29, 1.82) is 0 Å². The van der Waals surface area contributed by atoms with Crippen molar-refractivity contribution in [3.05, 3.63) is 29.8 Å². The van der Waals surface area contributed by atoms with Gasteiger partial charge in [0.2, 0.25) is 0 Å². The van der Waals surface area contributed by atoms with E-state index in [9.17, 15) is 0 Å². The fourth-order valence-corrected chi connectivity index (χ4v) is 3.23. The van der Waals surface area contributed by atoms with Gasteiger partial charge in [-0.05, 0) is 57.5 Å². The molecule has 0 amide bonds. The molecule has 0 bridgehead atoms. The largest absolute Gasteiger partial charge is 0.378 e. The van der Waals surface area contributed by atoms with Crippen molar-refractivity contribution in [3.8, 4) is 0 Å². The Kier molecular flexibility index (Phi) is 9.71. The number of hydrogen-bond acceptors (Lipinski definition) is 3. The second-order valence-corrected chi connectivity index (χ2v) is 7.70. The van der Waals surface area contributed by atoms with E-state index in [0.717, 1.165) is 19.0 Å². The third-order valence-electron chi connectivity index (χ3n) is 5.04. The Morgan fingerprint density at radius 3 is 2.23 bits per heavy atom. The number of anilines is 1. The Balaban J connectivity index is 0.00000338. The number of likely N-dealkylation sites (tertiary alicyclic amines) is 1. The summed E-state index contributed by atoms with van der Waals surface area (Å²) in [4.78, 5) is 9.07. The fraction of sp³-hybridized carbons (Fsp3) is 0.650. The lowest BCUT2D eigenvalue weighted by Gasteiger charge is -2.41. The first-order valence-electron chi connectivity index (χ1n) is 9.38. The van der Waals surface area contributed by atoms with Gasteiger partial charge in [-0.15, -0.1) is 24.0 Å². The molecule has 2 N–H and O–H groups in total. The molecule has 6 heteroatoms. The maximum Gasteiger partial charge on any atom is 0.191 e. The minimum atomic E-state index is 0. The molecule has 0 atom stereocenters. The second kappa shape index (κ2) is 11.0. The maximum atomic E-state index is 4.36. The number of halogens is 1. The van der Waals surface area contributed by atoms with Crippen LogP contribution in [0.25, 0.3) is 0 Å². The molecule has 5 nitrogen and oxygen atoms in total. The monoisotopic (exact) mass is 473 g/mol. The third-order valence-corrected chi connectivity index (χ3v) is 5.04. The summed E-state index contributed by atoms with van der Waals surface area (Å²) >= 11 is 0. The van der Waals surface area contributed by atoms with E-state index in [0.29, 0.717) is 0 Å². The van der Waals surface area contributed by atoms with Gasteiger partial charge in [0.1, 0.15) is 0 Å². The summed E-state index contributed by atoms with van der Waals surface area (Å²) in [6, 6.07) is 8.61. The third kappa shape index (κ3) is 6.95. The SMILES string of the molecule is CN=C(NCc1ccc(N(C)C)cc1)NCC(C)(C)N1CCCCC1.I. The van der Waals surface area contributed by atoms with Crippen molar-refractivity contribution < 1.29 is 0 Å². The number of rotatable bonds is 6. The van der Waals surface area contributed by atoms with Crippen molar-refractivity contribution in [1.82, 2.24) is 15.5 Å². The average molecular weight is 473 g/mol. The first-order valence-corrected chi connectivity index (χ1v) is 9.38. The van der Waals surface area contributed by atoms with E-state index in [1.807, 2.05) is 7.05 Å². The quantitative estimate of drug-likeness (QED) is 0.378. The second-order valence-electron chi connectivity index (χ2n) is 7.70.